The van der Waals surface area contributed by atoms with Crippen molar-refractivity contribution in [3.8, 4) is 11.3 Å². The summed E-state index contributed by atoms with van der Waals surface area (Å²) in [7, 11) is 4.06. The molecule has 124 valence electrons. The van der Waals surface area contributed by atoms with Gasteiger partial charge in [0.15, 0.2) is 5.69 Å². The van der Waals surface area contributed by atoms with Crippen molar-refractivity contribution in [2.45, 2.75) is 26.8 Å². The molecule has 23 heavy (non-hydrogen) atoms. The molecule has 0 aliphatic heterocycles. The third-order valence-electron chi connectivity index (χ3n) is 4.05. The molecule has 2 N–H and O–H groups in total. The standard InChI is InChI=1S/C17H25N5O/c1-12(17(2,3)11-22(4)5)18-16(23)15-14(19-21-20-15)13-9-7-6-8-10-13/h6-10,12H,11H2,1-5H3,(H,18,23)(H,19,20,21). The van der Waals surface area contributed by atoms with E-state index in [2.05, 4.69) is 39.5 Å². The average molecular weight is 315 g/mol. The largest absolute Gasteiger partial charge is 0.348 e. The molecule has 1 unspecified atom stereocenters. The van der Waals surface area contributed by atoms with E-state index in [1.807, 2.05) is 51.4 Å². The van der Waals surface area contributed by atoms with E-state index in [0.29, 0.717) is 11.4 Å². The van der Waals surface area contributed by atoms with Crippen LogP contribution in [0.1, 0.15) is 31.3 Å². The SMILES string of the molecule is CC(NC(=O)c1n[nH]nc1-c1ccccc1)C(C)(C)CN(C)C. The first-order valence-electron chi connectivity index (χ1n) is 7.73. The minimum Gasteiger partial charge on any atom is -0.348 e. The molecule has 1 aromatic heterocycles. The van der Waals surface area contributed by atoms with E-state index in [1.54, 1.807) is 0 Å². The number of hydrogen-bond donors (Lipinski definition) is 2. The van der Waals surface area contributed by atoms with E-state index in [-0.39, 0.29) is 17.4 Å². The van der Waals surface area contributed by atoms with Gasteiger partial charge in [0.25, 0.3) is 5.91 Å². The summed E-state index contributed by atoms with van der Waals surface area (Å²) in [6.07, 6.45) is 0. The number of aromatic amines is 1. The quantitative estimate of drug-likeness (QED) is 0.857. The molecule has 2 aromatic rings. The van der Waals surface area contributed by atoms with Crippen LogP contribution >= 0.6 is 0 Å². The van der Waals surface area contributed by atoms with Gasteiger partial charge in [0.05, 0.1) is 0 Å². The smallest absolute Gasteiger partial charge is 0.274 e. The number of rotatable bonds is 6. The Morgan fingerprint density at radius 1 is 1.26 bits per heavy atom. The lowest BCUT2D eigenvalue weighted by Crippen LogP contribution is -2.47. The summed E-state index contributed by atoms with van der Waals surface area (Å²) in [6.45, 7) is 7.17. The fourth-order valence-electron chi connectivity index (χ4n) is 2.60. The summed E-state index contributed by atoms with van der Waals surface area (Å²) in [5.74, 6) is -0.211. The molecule has 0 aliphatic rings. The van der Waals surface area contributed by atoms with E-state index in [0.717, 1.165) is 12.1 Å². The van der Waals surface area contributed by atoms with Crippen LogP contribution in [0.2, 0.25) is 0 Å². The van der Waals surface area contributed by atoms with Gasteiger partial charge in [0.1, 0.15) is 5.69 Å². The molecule has 6 nitrogen and oxygen atoms in total. The number of carbonyl (C=O) groups is 1. The molecule has 1 atom stereocenters. The predicted molar refractivity (Wildman–Crippen MR) is 91.1 cm³/mol. The molecule has 1 heterocycles. The van der Waals surface area contributed by atoms with E-state index in [1.165, 1.54) is 0 Å². The number of nitrogens with zero attached hydrogens (tertiary/aromatic N) is 3. The fraction of sp³-hybridized carbons (Fsp3) is 0.471. The van der Waals surface area contributed by atoms with Crippen LogP contribution in [0, 0.1) is 5.41 Å². The number of benzene rings is 1. The van der Waals surface area contributed by atoms with E-state index >= 15 is 0 Å². The van der Waals surface area contributed by atoms with Crippen LogP contribution in [0.15, 0.2) is 30.3 Å². The van der Waals surface area contributed by atoms with Crippen LogP contribution in [0.4, 0.5) is 0 Å². The topological polar surface area (TPSA) is 73.9 Å². The van der Waals surface area contributed by atoms with Gasteiger partial charge in [0.2, 0.25) is 0 Å². The highest BCUT2D eigenvalue weighted by molar-refractivity contribution is 5.98. The van der Waals surface area contributed by atoms with Crippen molar-refractivity contribution in [2.24, 2.45) is 5.41 Å². The monoisotopic (exact) mass is 315 g/mol. The van der Waals surface area contributed by atoms with Gasteiger partial charge in [0, 0.05) is 18.2 Å². The highest BCUT2D eigenvalue weighted by Gasteiger charge is 2.29. The summed E-state index contributed by atoms with van der Waals surface area (Å²) in [4.78, 5) is 14.7. The molecule has 0 bridgehead atoms. The van der Waals surface area contributed by atoms with Gasteiger partial charge in [-0.2, -0.15) is 15.4 Å². The second-order valence-corrected chi connectivity index (χ2v) is 6.81. The average Bonchev–Trinajstić information content (AvgIpc) is 2.96. The van der Waals surface area contributed by atoms with Crippen LogP contribution in [0.25, 0.3) is 11.3 Å². The first-order valence-corrected chi connectivity index (χ1v) is 7.73. The van der Waals surface area contributed by atoms with Gasteiger partial charge < -0.3 is 10.2 Å². The maximum atomic E-state index is 12.6. The van der Waals surface area contributed by atoms with E-state index < -0.39 is 0 Å². The number of aromatic nitrogens is 3. The molecule has 6 heteroatoms. The molecule has 0 saturated heterocycles. The number of H-pyrrole nitrogens is 1. The fourth-order valence-corrected chi connectivity index (χ4v) is 2.60. The van der Waals surface area contributed by atoms with Crippen molar-refractivity contribution in [3.63, 3.8) is 0 Å². The lowest BCUT2D eigenvalue weighted by molar-refractivity contribution is 0.0881. The lowest BCUT2D eigenvalue weighted by Gasteiger charge is -2.34. The van der Waals surface area contributed by atoms with Crippen molar-refractivity contribution >= 4 is 5.91 Å². The normalized spacial score (nSPS) is 13.1. The predicted octanol–water partition coefficient (Wildman–Crippen LogP) is 2.18. The Labute approximate surface area is 137 Å². The Bertz CT molecular complexity index is 648. The Morgan fingerprint density at radius 3 is 2.52 bits per heavy atom. The molecule has 1 aromatic carbocycles. The summed E-state index contributed by atoms with van der Waals surface area (Å²) in [6, 6.07) is 9.57. The second kappa shape index (κ2) is 6.91. The first-order chi connectivity index (χ1) is 10.8. The zero-order valence-electron chi connectivity index (χ0n) is 14.4. The maximum Gasteiger partial charge on any atom is 0.274 e. The molecule has 1 amide bonds. The molecule has 0 spiro atoms. The summed E-state index contributed by atoms with van der Waals surface area (Å²) in [5.41, 5.74) is 1.70. The minimum atomic E-state index is -0.211. The zero-order valence-corrected chi connectivity index (χ0v) is 14.4. The molecule has 2 rings (SSSR count). The Morgan fingerprint density at radius 2 is 1.91 bits per heavy atom. The van der Waals surface area contributed by atoms with Crippen molar-refractivity contribution in [2.75, 3.05) is 20.6 Å². The van der Waals surface area contributed by atoms with Gasteiger partial charge in [-0.3, -0.25) is 4.79 Å². The number of carbonyl (C=O) groups excluding carboxylic acids is 1. The zero-order chi connectivity index (χ0) is 17.0. The third-order valence-corrected chi connectivity index (χ3v) is 4.05. The van der Waals surface area contributed by atoms with Crippen LogP contribution < -0.4 is 5.32 Å². The summed E-state index contributed by atoms with van der Waals surface area (Å²) in [5, 5.41) is 13.8. The Hall–Kier alpha value is -2.21. The Kier molecular flexibility index (Phi) is 5.15. The summed E-state index contributed by atoms with van der Waals surface area (Å²) >= 11 is 0. The van der Waals surface area contributed by atoms with Gasteiger partial charge in [-0.1, -0.05) is 44.2 Å². The van der Waals surface area contributed by atoms with Crippen LogP contribution in [0.5, 0.6) is 0 Å². The van der Waals surface area contributed by atoms with E-state index in [4.69, 9.17) is 0 Å². The van der Waals surface area contributed by atoms with Crippen molar-refractivity contribution in [1.82, 2.24) is 25.6 Å². The highest BCUT2D eigenvalue weighted by Crippen LogP contribution is 2.23. The molecule has 0 aliphatic carbocycles. The van der Waals surface area contributed by atoms with Gasteiger partial charge in [-0.25, -0.2) is 0 Å². The number of hydrogen-bond acceptors (Lipinski definition) is 4. The van der Waals surface area contributed by atoms with Crippen LogP contribution in [-0.4, -0.2) is 52.9 Å². The van der Waals surface area contributed by atoms with Crippen molar-refractivity contribution in [3.05, 3.63) is 36.0 Å². The minimum absolute atomic E-state index is 0.00211. The Balaban J connectivity index is 2.15. The highest BCUT2D eigenvalue weighted by atomic mass is 16.2. The second-order valence-electron chi connectivity index (χ2n) is 6.81. The van der Waals surface area contributed by atoms with E-state index in [9.17, 15) is 4.79 Å². The molecule has 0 saturated carbocycles. The van der Waals surface area contributed by atoms with Gasteiger partial charge in [-0.15, -0.1) is 0 Å². The van der Waals surface area contributed by atoms with Crippen molar-refractivity contribution in [1.29, 1.82) is 0 Å². The molecule has 0 radical (unpaired) electrons. The van der Waals surface area contributed by atoms with Crippen molar-refractivity contribution < 1.29 is 4.79 Å². The van der Waals surface area contributed by atoms with Crippen LogP contribution in [-0.2, 0) is 0 Å². The maximum absolute atomic E-state index is 12.6. The van der Waals surface area contributed by atoms with Gasteiger partial charge >= 0.3 is 0 Å². The summed E-state index contributed by atoms with van der Waals surface area (Å²) < 4.78 is 0. The van der Waals surface area contributed by atoms with Gasteiger partial charge in [-0.05, 0) is 26.4 Å². The molecular formula is C17H25N5O. The van der Waals surface area contributed by atoms with Crippen LogP contribution in [0.3, 0.4) is 0 Å². The first kappa shape index (κ1) is 17.1. The lowest BCUT2D eigenvalue weighted by atomic mass is 9.85. The number of amides is 1. The molecular weight excluding hydrogens is 290 g/mol. The molecule has 0 fully saturated rings. The number of nitrogens with one attached hydrogen (secondary N) is 2. The third kappa shape index (κ3) is 4.16.